The first-order valence-corrected chi connectivity index (χ1v) is 7.48. The van der Waals surface area contributed by atoms with Crippen molar-refractivity contribution in [2.24, 2.45) is 0 Å². The van der Waals surface area contributed by atoms with Crippen LogP contribution < -0.4 is 5.32 Å². The number of rotatable bonds is 2. The van der Waals surface area contributed by atoms with Crippen molar-refractivity contribution in [1.82, 2.24) is 5.32 Å². The lowest BCUT2D eigenvalue weighted by atomic mass is 10.1. The van der Waals surface area contributed by atoms with E-state index in [9.17, 15) is 9.90 Å². The van der Waals surface area contributed by atoms with Gasteiger partial charge in [-0.1, -0.05) is 24.3 Å². The average Bonchev–Trinajstić information content (AvgIpc) is 2.98. The fourth-order valence-corrected chi connectivity index (χ4v) is 3.95. The van der Waals surface area contributed by atoms with Crippen LogP contribution in [0.1, 0.15) is 30.0 Å². The van der Waals surface area contributed by atoms with E-state index in [1.807, 2.05) is 24.3 Å². The average molecular weight is 263 g/mol. The molecular formula is C14H17NO2S. The van der Waals surface area contributed by atoms with Crippen LogP contribution in [0.3, 0.4) is 0 Å². The van der Waals surface area contributed by atoms with Crippen molar-refractivity contribution in [2.75, 3.05) is 5.75 Å². The molecule has 0 radical (unpaired) electrons. The van der Waals surface area contributed by atoms with Crippen molar-refractivity contribution in [3.05, 3.63) is 35.4 Å². The second-order valence-electron chi connectivity index (χ2n) is 4.96. The number of carbonyl (C=O) groups is 1. The molecule has 1 aliphatic carbocycles. The third-order valence-corrected chi connectivity index (χ3v) is 5.10. The van der Waals surface area contributed by atoms with Gasteiger partial charge in [-0.2, -0.15) is 0 Å². The Labute approximate surface area is 111 Å². The van der Waals surface area contributed by atoms with E-state index < -0.39 is 6.10 Å². The van der Waals surface area contributed by atoms with E-state index in [4.69, 9.17) is 0 Å². The van der Waals surface area contributed by atoms with Crippen molar-refractivity contribution in [3.8, 4) is 0 Å². The zero-order chi connectivity index (χ0) is 12.5. The molecule has 1 fully saturated rings. The molecule has 4 heteroatoms. The standard InChI is InChI=1S/C14H17NO2S/c16-11-8-9-4-1-2-5-10(9)13(11)15-14(17)12-6-3-7-18-12/h1-2,4-5,11-13,16H,3,6-8H2,(H,15,17). The summed E-state index contributed by atoms with van der Waals surface area (Å²) >= 11 is 1.72. The Bertz CT molecular complexity index is 457. The van der Waals surface area contributed by atoms with Crippen LogP contribution in [0.4, 0.5) is 0 Å². The minimum Gasteiger partial charge on any atom is -0.390 e. The molecule has 2 aliphatic rings. The topological polar surface area (TPSA) is 49.3 Å². The van der Waals surface area contributed by atoms with Crippen LogP contribution in [0.5, 0.6) is 0 Å². The molecule has 1 aromatic rings. The van der Waals surface area contributed by atoms with Gasteiger partial charge in [0.2, 0.25) is 5.91 Å². The summed E-state index contributed by atoms with van der Waals surface area (Å²) in [6.45, 7) is 0. The normalized spacial score (nSPS) is 30.2. The quantitative estimate of drug-likeness (QED) is 0.853. The molecule has 0 aromatic heterocycles. The Balaban J connectivity index is 1.74. The minimum absolute atomic E-state index is 0.0740. The number of thioether (sulfide) groups is 1. The summed E-state index contributed by atoms with van der Waals surface area (Å²) in [7, 11) is 0. The van der Waals surface area contributed by atoms with Gasteiger partial charge in [0.25, 0.3) is 0 Å². The largest absolute Gasteiger partial charge is 0.390 e. The minimum atomic E-state index is -0.488. The second kappa shape index (κ2) is 4.94. The Hall–Kier alpha value is -1.00. The number of hydrogen-bond donors (Lipinski definition) is 2. The molecule has 0 spiro atoms. The molecule has 1 amide bonds. The molecule has 0 bridgehead atoms. The van der Waals surface area contributed by atoms with Gasteiger partial charge in [0.05, 0.1) is 17.4 Å². The molecule has 1 aromatic carbocycles. The monoisotopic (exact) mass is 263 g/mol. The van der Waals surface area contributed by atoms with Gasteiger partial charge in [-0.3, -0.25) is 4.79 Å². The first-order chi connectivity index (χ1) is 8.75. The highest BCUT2D eigenvalue weighted by molar-refractivity contribution is 8.00. The molecule has 0 saturated carbocycles. The summed E-state index contributed by atoms with van der Waals surface area (Å²) in [5.41, 5.74) is 2.22. The van der Waals surface area contributed by atoms with Gasteiger partial charge < -0.3 is 10.4 Å². The molecule has 3 atom stereocenters. The van der Waals surface area contributed by atoms with Crippen LogP contribution in [0.15, 0.2) is 24.3 Å². The van der Waals surface area contributed by atoms with Crippen molar-refractivity contribution >= 4 is 17.7 Å². The number of hydrogen-bond acceptors (Lipinski definition) is 3. The summed E-state index contributed by atoms with van der Waals surface area (Å²) in [6.07, 6.45) is 2.23. The zero-order valence-corrected chi connectivity index (χ0v) is 11.0. The lowest BCUT2D eigenvalue weighted by Gasteiger charge is -2.20. The maximum Gasteiger partial charge on any atom is 0.233 e. The predicted molar refractivity (Wildman–Crippen MR) is 72.5 cm³/mol. The molecule has 96 valence electrons. The van der Waals surface area contributed by atoms with Gasteiger partial charge in [-0.25, -0.2) is 0 Å². The van der Waals surface area contributed by atoms with Crippen LogP contribution in [-0.2, 0) is 11.2 Å². The SMILES string of the molecule is O=C(NC1c2ccccc2CC1O)C1CCCS1. The maximum absolute atomic E-state index is 12.1. The maximum atomic E-state index is 12.1. The fourth-order valence-electron chi connectivity index (χ4n) is 2.78. The first kappa shape index (κ1) is 12.1. The molecule has 1 saturated heterocycles. The molecule has 2 N–H and O–H groups in total. The van der Waals surface area contributed by atoms with Crippen LogP contribution in [0, 0.1) is 0 Å². The highest BCUT2D eigenvalue weighted by atomic mass is 32.2. The van der Waals surface area contributed by atoms with Gasteiger partial charge in [0.1, 0.15) is 0 Å². The molecule has 3 nitrogen and oxygen atoms in total. The zero-order valence-electron chi connectivity index (χ0n) is 10.1. The third-order valence-electron chi connectivity index (χ3n) is 3.72. The van der Waals surface area contributed by atoms with E-state index in [1.165, 1.54) is 0 Å². The van der Waals surface area contributed by atoms with Crippen molar-refractivity contribution in [3.63, 3.8) is 0 Å². The van der Waals surface area contributed by atoms with E-state index >= 15 is 0 Å². The number of fused-ring (bicyclic) bond motifs is 1. The van der Waals surface area contributed by atoms with Gasteiger partial charge in [-0.05, 0) is 29.7 Å². The third kappa shape index (κ3) is 2.15. The Morgan fingerprint density at radius 2 is 2.22 bits per heavy atom. The number of aliphatic hydroxyl groups is 1. The van der Waals surface area contributed by atoms with E-state index in [0.717, 1.165) is 29.7 Å². The fraction of sp³-hybridized carbons (Fsp3) is 0.500. The summed E-state index contributed by atoms with van der Waals surface area (Å²) in [5.74, 6) is 1.15. The molecule has 3 unspecified atom stereocenters. The number of amides is 1. The number of aliphatic hydroxyl groups excluding tert-OH is 1. The molecular weight excluding hydrogens is 246 g/mol. The van der Waals surface area contributed by atoms with Crippen molar-refractivity contribution in [2.45, 2.75) is 36.7 Å². The Morgan fingerprint density at radius 3 is 3.00 bits per heavy atom. The van der Waals surface area contributed by atoms with Crippen molar-refractivity contribution in [1.29, 1.82) is 0 Å². The van der Waals surface area contributed by atoms with Crippen LogP contribution >= 0.6 is 11.8 Å². The summed E-state index contributed by atoms with van der Waals surface area (Å²) in [4.78, 5) is 12.1. The summed E-state index contributed by atoms with van der Waals surface area (Å²) < 4.78 is 0. The van der Waals surface area contributed by atoms with Crippen molar-refractivity contribution < 1.29 is 9.90 Å². The lowest BCUT2D eigenvalue weighted by Crippen LogP contribution is -2.38. The first-order valence-electron chi connectivity index (χ1n) is 6.43. The van der Waals surface area contributed by atoms with E-state index in [-0.39, 0.29) is 17.2 Å². The highest BCUT2D eigenvalue weighted by Crippen LogP contribution is 2.33. The lowest BCUT2D eigenvalue weighted by molar-refractivity contribution is -0.122. The number of benzene rings is 1. The molecule has 1 aliphatic heterocycles. The highest BCUT2D eigenvalue weighted by Gasteiger charge is 2.34. The number of carbonyl (C=O) groups excluding carboxylic acids is 1. The molecule has 3 rings (SSSR count). The van der Waals surface area contributed by atoms with E-state index in [1.54, 1.807) is 11.8 Å². The van der Waals surface area contributed by atoms with Gasteiger partial charge in [0.15, 0.2) is 0 Å². The Morgan fingerprint density at radius 1 is 1.39 bits per heavy atom. The predicted octanol–water partition coefficient (Wildman–Crippen LogP) is 1.66. The molecule has 1 heterocycles. The molecule has 18 heavy (non-hydrogen) atoms. The van der Waals surface area contributed by atoms with Gasteiger partial charge in [-0.15, -0.1) is 11.8 Å². The van der Waals surface area contributed by atoms with Gasteiger partial charge in [0, 0.05) is 6.42 Å². The second-order valence-corrected chi connectivity index (χ2v) is 6.27. The number of nitrogens with one attached hydrogen (secondary N) is 1. The Kier molecular flexibility index (Phi) is 3.31. The van der Waals surface area contributed by atoms with E-state index in [0.29, 0.717) is 6.42 Å². The van der Waals surface area contributed by atoms with Gasteiger partial charge >= 0.3 is 0 Å². The van der Waals surface area contributed by atoms with Crippen LogP contribution in [0.2, 0.25) is 0 Å². The van der Waals surface area contributed by atoms with Crippen LogP contribution in [-0.4, -0.2) is 28.1 Å². The smallest absolute Gasteiger partial charge is 0.233 e. The summed E-state index contributed by atoms with van der Waals surface area (Å²) in [6, 6.07) is 7.73. The summed E-state index contributed by atoms with van der Waals surface area (Å²) in [5, 5.41) is 13.2. The van der Waals surface area contributed by atoms with Crippen LogP contribution in [0.25, 0.3) is 0 Å². The van der Waals surface area contributed by atoms with E-state index in [2.05, 4.69) is 5.32 Å².